The number of ether oxygens (including phenoxy) is 1. The molecule has 1 aromatic carbocycles. The Morgan fingerprint density at radius 3 is 2.78 bits per heavy atom. The smallest absolute Gasteiger partial charge is 0.130 e. The fraction of sp³-hybridized carbons (Fsp3) is 0.385. The maximum atomic E-state index is 12.8. The molecule has 0 bridgehead atoms. The van der Waals surface area contributed by atoms with Crippen LogP contribution in [0.2, 0.25) is 10.0 Å². The van der Waals surface area contributed by atoms with Gasteiger partial charge in [-0.2, -0.15) is 0 Å². The molecule has 1 aliphatic rings. The van der Waals surface area contributed by atoms with Crippen molar-refractivity contribution in [2.24, 2.45) is 0 Å². The average molecular weight is 288 g/mol. The monoisotopic (exact) mass is 287 g/mol. The number of aryl methyl sites for hydroxylation is 1. The molecule has 0 spiro atoms. The first-order valence-corrected chi connectivity index (χ1v) is 6.58. The summed E-state index contributed by atoms with van der Waals surface area (Å²) in [6, 6.07) is 1.71. The van der Waals surface area contributed by atoms with E-state index in [1.165, 1.54) is 0 Å². The molecule has 0 amide bonds. The Balaban J connectivity index is 2.04. The number of H-pyrrole nitrogens is 1. The molecule has 96 valence electrons. The number of aromatic amines is 1. The van der Waals surface area contributed by atoms with Crippen LogP contribution in [0.1, 0.15) is 18.4 Å². The molecule has 0 radical (unpaired) electrons. The molecular formula is C13H12Cl2FNO. The normalized spacial score (nSPS) is 23.1. The SMILES string of the molecule is Cc1c[nH]c2c(Cl)c(Cl)cc(OC3CC(F)C3)c12. The molecule has 0 unspecified atom stereocenters. The summed E-state index contributed by atoms with van der Waals surface area (Å²) in [5, 5.41) is 1.85. The number of fused-ring (bicyclic) bond motifs is 1. The van der Waals surface area contributed by atoms with Crippen LogP contribution in [-0.2, 0) is 0 Å². The van der Waals surface area contributed by atoms with Gasteiger partial charge in [-0.1, -0.05) is 23.2 Å². The van der Waals surface area contributed by atoms with Crippen molar-refractivity contribution in [3.8, 4) is 5.75 Å². The highest BCUT2D eigenvalue weighted by molar-refractivity contribution is 6.45. The third-order valence-corrected chi connectivity index (χ3v) is 4.13. The topological polar surface area (TPSA) is 25.0 Å². The van der Waals surface area contributed by atoms with Gasteiger partial charge in [0.1, 0.15) is 18.0 Å². The summed E-state index contributed by atoms with van der Waals surface area (Å²) < 4.78 is 18.6. The lowest BCUT2D eigenvalue weighted by Gasteiger charge is -2.30. The average Bonchev–Trinajstić information content (AvgIpc) is 2.66. The first kappa shape index (κ1) is 12.1. The molecule has 18 heavy (non-hydrogen) atoms. The Bertz CT molecular complexity index is 605. The summed E-state index contributed by atoms with van der Waals surface area (Å²) in [5.41, 5.74) is 1.81. The fourth-order valence-electron chi connectivity index (χ4n) is 2.25. The Kier molecular flexibility index (Phi) is 2.91. The fourth-order valence-corrected chi connectivity index (χ4v) is 2.65. The van der Waals surface area contributed by atoms with Crippen molar-refractivity contribution >= 4 is 34.1 Å². The summed E-state index contributed by atoms with van der Waals surface area (Å²) in [4.78, 5) is 3.08. The molecule has 1 fully saturated rings. The molecule has 2 aromatic rings. The summed E-state index contributed by atoms with van der Waals surface area (Å²) in [6.07, 6.45) is 1.96. The van der Waals surface area contributed by atoms with Crippen LogP contribution in [0.25, 0.3) is 10.9 Å². The van der Waals surface area contributed by atoms with Gasteiger partial charge < -0.3 is 9.72 Å². The number of hydrogen-bond donors (Lipinski definition) is 1. The predicted molar refractivity (Wildman–Crippen MR) is 71.6 cm³/mol. The number of nitrogens with one attached hydrogen (secondary N) is 1. The van der Waals surface area contributed by atoms with E-state index in [4.69, 9.17) is 27.9 Å². The van der Waals surface area contributed by atoms with E-state index in [-0.39, 0.29) is 6.10 Å². The van der Waals surface area contributed by atoms with Crippen molar-refractivity contribution < 1.29 is 9.13 Å². The maximum Gasteiger partial charge on any atom is 0.130 e. The number of aromatic nitrogens is 1. The van der Waals surface area contributed by atoms with Crippen molar-refractivity contribution in [2.75, 3.05) is 0 Å². The third-order valence-electron chi connectivity index (χ3n) is 3.34. The van der Waals surface area contributed by atoms with Gasteiger partial charge in [-0.3, -0.25) is 0 Å². The van der Waals surface area contributed by atoms with Crippen molar-refractivity contribution in [3.63, 3.8) is 0 Å². The molecule has 0 aliphatic heterocycles. The standard InChI is InChI=1S/C13H12Cl2FNO/c1-6-5-17-13-11(6)10(4-9(14)12(13)15)18-8-2-7(16)3-8/h4-5,7-8,17H,2-3H2,1H3. The van der Waals surface area contributed by atoms with E-state index in [2.05, 4.69) is 4.98 Å². The predicted octanol–water partition coefficient (Wildman–Crippen LogP) is 4.66. The van der Waals surface area contributed by atoms with Crippen molar-refractivity contribution in [1.82, 2.24) is 4.98 Å². The lowest BCUT2D eigenvalue weighted by Crippen LogP contribution is -2.34. The molecule has 0 atom stereocenters. The summed E-state index contributed by atoms with van der Waals surface area (Å²) in [5.74, 6) is 0.676. The Morgan fingerprint density at radius 1 is 1.39 bits per heavy atom. The highest BCUT2D eigenvalue weighted by Crippen LogP contribution is 2.40. The summed E-state index contributed by atoms with van der Waals surface area (Å²) >= 11 is 12.2. The van der Waals surface area contributed by atoms with Crippen LogP contribution in [0.5, 0.6) is 5.75 Å². The van der Waals surface area contributed by atoms with E-state index >= 15 is 0 Å². The molecule has 1 aliphatic carbocycles. The number of benzene rings is 1. The number of halogens is 3. The van der Waals surface area contributed by atoms with Crippen LogP contribution in [-0.4, -0.2) is 17.3 Å². The molecule has 1 N–H and O–H groups in total. The zero-order chi connectivity index (χ0) is 12.9. The Morgan fingerprint density at radius 2 is 2.11 bits per heavy atom. The van der Waals surface area contributed by atoms with Crippen LogP contribution in [0.15, 0.2) is 12.3 Å². The number of rotatable bonds is 2. The van der Waals surface area contributed by atoms with Crippen molar-refractivity contribution in [2.45, 2.75) is 32.0 Å². The highest BCUT2D eigenvalue weighted by atomic mass is 35.5. The molecule has 5 heteroatoms. The van der Waals surface area contributed by atoms with Gasteiger partial charge in [0.15, 0.2) is 0 Å². The maximum absolute atomic E-state index is 12.8. The van der Waals surface area contributed by atoms with Crippen molar-refractivity contribution in [1.29, 1.82) is 0 Å². The van der Waals surface area contributed by atoms with Gasteiger partial charge >= 0.3 is 0 Å². The van der Waals surface area contributed by atoms with Gasteiger partial charge in [0.2, 0.25) is 0 Å². The minimum Gasteiger partial charge on any atom is -0.489 e. The Hall–Kier alpha value is -0.930. The van der Waals surface area contributed by atoms with Crippen LogP contribution >= 0.6 is 23.2 Å². The zero-order valence-corrected chi connectivity index (χ0v) is 11.3. The first-order valence-electron chi connectivity index (χ1n) is 5.82. The second-order valence-corrected chi connectivity index (χ2v) is 5.49. The highest BCUT2D eigenvalue weighted by Gasteiger charge is 2.31. The number of hydrogen-bond acceptors (Lipinski definition) is 1. The second-order valence-electron chi connectivity index (χ2n) is 4.70. The van der Waals surface area contributed by atoms with Crippen LogP contribution in [0.4, 0.5) is 4.39 Å². The third kappa shape index (κ3) is 1.86. The Labute approximate surface area is 114 Å². The van der Waals surface area contributed by atoms with Gasteiger partial charge in [-0.25, -0.2) is 4.39 Å². The molecule has 1 saturated carbocycles. The van der Waals surface area contributed by atoms with Gasteiger partial charge in [0, 0.05) is 30.5 Å². The molecule has 3 rings (SSSR count). The molecule has 1 heterocycles. The van der Waals surface area contributed by atoms with E-state index in [1.807, 2.05) is 13.1 Å². The quantitative estimate of drug-likeness (QED) is 0.854. The van der Waals surface area contributed by atoms with Gasteiger partial charge in [0.25, 0.3) is 0 Å². The number of alkyl halides is 1. The lowest BCUT2D eigenvalue weighted by molar-refractivity contribution is 0.0421. The van der Waals surface area contributed by atoms with Crippen molar-refractivity contribution in [3.05, 3.63) is 27.9 Å². The summed E-state index contributed by atoms with van der Waals surface area (Å²) in [7, 11) is 0. The van der Waals surface area contributed by atoms with E-state index in [0.29, 0.717) is 28.6 Å². The zero-order valence-electron chi connectivity index (χ0n) is 9.77. The van der Waals surface area contributed by atoms with Gasteiger partial charge in [-0.15, -0.1) is 0 Å². The van der Waals surface area contributed by atoms with Gasteiger partial charge in [0.05, 0.1) is 15.6 Å². The van der Waals surface area contributed by atoms with Crippen LogP contribution in [0, 0.1) is 6.92 Å². The molecular weight excluding hydrogens is 276 g/mol. The van der Waals surface area contributed by atoms with E-state index in [0.717, 1.165) is 16.5 Å². The first-order chi connectivity index (χ1) is 8.56. The summed E-state index contributed by atoms with van der Waals surface area (Å²) in [6.45, 7) is 1.97. The minimum atomic E-state index is -0.736. The molecule has 2 nitrogen and oxygen atoms in total. The molecule has 1 aromatic heterocycles. The lowest BCUT2D eigenvalue weighted by atomic mass is 9.93. The minimum absolute atomic E-state index is 0.0604. The molecule has 0 saturated heterocycles. The van der Waals surface area contributed by atoms with Gasteiger partial charge in [-0.05, 0) is 12.5 Å². The van der Waals surface area contributed by atoms with E-state index < -0.39 is 6.17 Å². The van der Waals surface area contributed by atoms with Crippen LogP contribution < -0.4 is 4.74 Å². The van der Waals surface area contributed by atoms with E-state index in [9.17, 15) is 4.39 Å². The van der Waals surface area contributed by atoms with E-state index in [1.54, 1.807) is 6.07 Å². The second kappa shape index (κ2) is 4.32. The largest absolute Gasteiger partial charge is 0.489 e. The van der Waals surface area contributed by atoms with Crippen LogP contribution in [0.3, 0.4) is 0 Å².